The van der Waals surface area contributed by atoms with E-state index in [2.05, 4.69) is 38.8 Å². The molecule has 1 aromatic carbocycles. The van der Waals surface area contributed by atoms with Gasteiger partial charge < -0.3 is 19.5 Å². The molecular weight excluding hydrogens is 340 g/mol. The molecule has 7 nitrogen and oxygen atoms in total. The summed E-state index contributed by atoms with van der Waals surface area (Å²) in [5, 5.41) is 11.5. The van der Waals surface area contributed by atoms with Crippen molar-refractivity contribution in [3.8, 4) is 5.75 Å². The van der Waals surface area contributed by atoms with E-state index in [0.29, 0.717) is 6.54 Å². The highest BCUT2D eigenvalue weighted by Crippen LogP contribution is 2.18. The number of nitrogens with one attached hydrogen (secondary N) is 1. The number of hydrogen-bond donors (Lipinski definition) is 1. The molecule has 0 amide bonds. The summed E-state index contributed by atoms with van der Waals surface area (Å²) in [5.74, 6) is 2.95. The van der Waals surface area contributed by atoms with Gasteiger partial charge in [-0.05, 0) is 19.1 Å². The van der Waals surface area contributed by atoms with Crippen LogP contribution >= 0.6 is 0 Å². The molecule has 1 aliphatic rings. The average Bonchev–Trinajstić information content (AvgIpc) is 3.16. The molecule has 1 saturated heterocycles. The highest BCUT2D eigenvalue weighted by Gasteiger charge is 2.22. The molecule has 146 valence electrons. The van der Waals surface area contributed by atoms with Gasteiger partial charge in [-0.2, -0.15) is 0 Å². The predicted octanol–water partition coefficient (Wildman–Crippen LogP) is 2.35. The average molecular weight is 371 g/mol. The van der Waals surface area contributed by atoms with E-state index in [1.54, 1.807) is 6.33 Å². The lowest BCUT2D eigenvalue weighted by Crippen LogP contribution is -2.47. The van der Waals surface area contributed by atoms with E-state index in [0.717, 1.165) is 63.0 Å². The molecule has 2 heterocycles. The monoisotopic (exact) mass is 370 g/mol. The summed E-state index contributed by atoms with van der Waals surface area (Å²) in [6.45, 7) is 8.50. The van der Waals surface area contributed by atoms with Crippen LogP contribution in [-0.4, -0.2) is 57.9 Å². The second kappa shape index (κ2) is 9.94. The molecule has 1 aliphatic heterocycles. The lowest BCUT2D eigenvalue weighted by Gasteiger charge is -2.34. The number of hydrogen-bond acceptors (Lipinski definition) is 4. The lowest BCUT2D eigenvalue weighted by molar-refractivity contribution is 0.129. The minimum Gasteiger partial charge on any atom is -0.490 e. The molecule has 0 spiro atoms. The molecule has 0 unspecified atom stereocenters. The van der Waals surface area contributed by atoms with Crippen molar-refractivity contribution in [3.05, 3.63) is 42.5 Å². The molecule has 0 saturated carbocycles. The number of likely N-dealkylation sites (tertiary alicyclic amines) is 1. The van der Waals surface area contributed by atoms with Crippen LogP contribution < -0.4 is 10.1 Å². The van der Waals surface area contributed by atoms with Crippen LogP contribution in [0.2, 0.25) is 0 Å². The first-order valence-electron chi connectivity index (χ1n) is 9.91. The molecule has 3 rings (SSSR count). The molecule has 1 aromatic heterocycles. The molecule has 0 radical (unpaired) electrons. The third kappa shape index (κ3) is 5.45. The minimum atomic E-state index is 0.274. The fourth-order valence-corrected chi connectivity index (χ4v) is 3.31. The van der Waals surface area contributed by atoms with Crippen molar-refractivity contribution in [2.45, 2.75) is 45.8 Å². The van der Waals surface area contributed by atoms with E-state index in [4.69, 9.17) is 9.73 Å². The summed E-state index contributed by atoms with van der Waals surface area (Å²) in [4.78, 5) is 7.15. The van der Waals surface area contributed by atoms with Gasteiger partial charge in [-0.25, -0.2) is 0 Å². The van der Waals surface area contributed by atoms with Crippen molar-refractivity contribution in [2.24, 2.45) is 4.99 Å². The fourth-order valence-electron chi connectivity index (χ4n) is 3.31. The first-order chi connectivity index (χ1) is 13.3. The molecule has 0 atom stereocenters. The Balaban J connectivity index is 1.51. The maximum Gasteiger partial charge on any atom is 0.193 e. The largest absolute Gasteiger partial charge is 0.490 e. The minimum absolute atomic E-state index is 0.274. The smallest absolute Gasteiger partial charge is 0.193 e. The summed E-state index contributed by atoms with van der Waals surface area (Å²) < 4.78 is 8.17. The number of rotatable bonds is 7. The van der Waals surface area contributed by atoms with E-state index < -0.39 is 0 Å². The van der Waals surface area contributed by atoms with Crippen LogP contribution in [0.5, 0.6) is 5.75 Å². The molecule has 0 aliphatic carbocycles. The summed E-state index contributed by atoms with van der Waals surface area (Å²) in [5.41, 5.74) is 0. The second-order valence-electron chi connectivity index (χ2n) is 6.65. The molecule has 7 heteroatoms. The van der Waals surface area contributed by atoms with Crippen LogP contribution in [0.15, 0.2) is 41.7 Å². The first kappa shape index (κ1) is 19.2. The Morgan fingerprint density at radius 3 is 2.70 bits per heavy atom. The van der Waals surface area contributed by atoms with Gasteiger partial charge in [-0.15, -0.1) is 10.2 Å². The third-order valence-electron chi connectivity index (χ3n) is 4.74. The summed E-state index contributed by atoms with van der Waals surface area (Å²) >= 11 is 0. The van der Waals surface area contributed by atoms with E-state index in [1.807, 2.05) is 30.3 Å². The van der Waals surface area contributed by atoms with Crippen molar-refractivity contribution in [3.63, 3.8) is 0 Å². The number of guanidine groups is 1. The standard InChI is InChI=1S/C20H30N6O/c1-3-19-24-23-16-26(19)15-12-22-20(21-4-2)25-13-10-18(11-14-25)27-17-8-6-5-7-9-17/h5-9,16,18H,3-4,10-15H2,1-2H3,(H,21,22). The highest BCUT2D eigenvalue weighted by molar-refractivity contribution is 5.80. The van der Waals surface area contributed by atoms with Gasteiger partial charge in [0.05, 0.1) is 6.54 Å². The molecule has 0 bridgehead atoms. The molecular formula is C20H30N6O. The van der Waals surface area contributed by atoms with Gasteiger partial charge in [-0.1, -0.05) is 25.1 Å². The Kier molecular flexibility index (Phi) is 7.07. The maximum absolute atomic E-state index is 6.09. The van der Waals surface area contributed by atoms with Crippen LogP contribution in [-0.2, 0) is 13.0 Å². The van der Waals surface area contributed by atoms with Gasteiger partial charge in [0, 0.05) is 45.4 Å². The second-order valence-corrected chi connectivity index (χ2v) is 6.65. The van der Waals surface area contributed by atoms with Crippen molar-refractivity contribution in [1.82, 2.24) is 25.0 Å². The Labute approximate surface area is 161 Å². The number of benzene rings is 1. The Bertz CT molecular complexity index is 706. The van der Waals surface area contributed by atoms with Gasteiger partial charge >= 0.3 is 0 Å². The van der Waals surface area contributed by atoms with Crippen molar-refractivity contribution < 1.29 is 4.74 Å². The Morgan fingerprint density at radius 2 is 2.00 bits per heavy atom. The van der Waals surface area contributed by atoms with Gasteiger partial charge in [0.1, 0.15) is 24.0 Å². The number of para-hydroxylation sites is 1. The molecule has 1 fully saturated rings. The number of nitrogens with zero attached hydrogens (tertiary/aromatic N) is 5. The van der Waals surface area contributed by atoms with Gasteiger partial charge in [-0.3, -0.25) is 4.99 Å². The predicted molar refractivity (Wildman–Crippen MR) is 107 cm³/mol. The number of piperidine rings is 1. The topological polar surface area (TPSA) is 67.6 Å². The summed E-state index contributed by atoms with van der Waals surface area (Å²) in [6.07, 6.45) is 4.96. The third-order valence-corrected chi connectivity index (χ3v) is 4.74. The zero-order valence-corrected chi connectivity index (χ0v) is 16.3. The lowest BCUT2D eigenvalue weighted by atomic mass is 10.1. The van der Waals surface area contributed by atoms with E-state index in [1.165, 1.54) is 0 Å². The number of ether oxygens (including phenoxy) is 1. The van der Waals surface area contributed by atoms with Crippen LogP contribution in [0.25, 0.3) is 0 Å². The zero-order valence-electron chi connectivity index (χ0n) is 16.3. The molecule has 2 aromatic rings. The van der Waals surface area contributed by atoms with Crippen molar-refractivity contribution in [2.75, 3.05) is 26.2 Å². The first-order valence-corrected chi connectivity index (χ1v) is 9.91. The van der Waals surface area contributed by atoms with Crippen molar-refractivity contribution in [1.29, 1.82) is 0 Å². The molecule has 1 N–H and O–H groups in total. The van der Waals surface area contributed by atoms with Crippen LogP contribution in [0, 0.1) is 0 Å². The van der Waals surface area contributed by atoms with E-state index in [-0.39, 0.29) is 6.10 Å². The number of aryl methyl sites for hydroxylation is 1. The van der Waals surface area contributed by atoms with E-state index in [9.17, 15) is 0 Å². The van der Waals surface area contributed by atoms with Gasteiger partial charge in [0.15, 0.2) is 5.96 Å². The van der Waals surface area contributed by atoms with Crippen LogP contribution in [0.3, 0.4) is 0 Å². The maximum atomic E-state index is 6.09. The highest BCUT2D eigenvalue weighted by atomic mass is 16.5. The SMILES string of the molecule is CCNC(=NCCn1cnnc1CC)N1CCC(Oc2ccccc2)CC1. The number of aromatic nitrogens is 3. The quantitative estimate of drug-likeness (QED) is 0.599. The Morgan fingerprint density at radius 1 is 1.22 bits per heavy atom. The summed E-state index contributed by atoms with van der Waals surface area (Å²) in [6, 6.07) is 10.1. The van der Waals surface area contributed by atoms with E-state index >= 15 is 0 Å². The van der Waals surface area contributed by atoms with Crippen molar-refractivity contribution >= 4 is 5.96 Å². The zero-order chi connectivity index (χ0) is 18.9. The number of aliphatic imine (C=N–C) groups is 1. The van der Waals surface area contributed by atoms with Crippen LogP contribution in [0.4, 0.5) is 0 Å². The Hall–Kier alpha value is -2.57. The normalized spacial score (nSPS) is 15.8. The summed E-state index contributed by atoms with van der Waals surface area (Å²) in [7, 11) is 0. The fraction of sp³-hybridized carbons (Fsp3) is 0.550. The van der Waals surface area contributed by atoms with Crippen LogP contribution in [0.1, 0.15) is 32.5 Å². The molecule has 27 heavy (non-hydrogen) atoms. The van der Waals surface area contributed by atoms with Gasteiger partial charge in [0.2, 0.25) is 0 Å². The van der Waals surface area contributed by atoms with Gasteiger partial charge in [0.25, 0.3) is 0 Å².